The lowest BCUT2D eigenvalue weighted by Gasteiger charge is -2.37. The Morgan fingerprint density at radius 3 is 2.57 bits per heavy atom. The second-order valence-corrected chi connectivity index (χ2v) is 8.96. The van der Waals surface area contributed by atoms with Crippen molar-refractivity contribution in [3.63, 3.8) is 0 Å². The minimum absolute atomic E-state index is 0.00696. The molecule has 0 saturated carbocycles. The van der Waals surface area contributed by atoms with Crippen LogP contribution in [0.1, 0.15) is 6.42 Å². The second kappa shape index (κ2) is 8.06. The van der Waals surface area contributed by atoms with Gasteiger partial charge in [-0.25, -0.2) is 13.9 Å². The summed E-state index contributed by atoms with van der Waals surface area (Å²) in [4.78, 5) is 11.8. The van der Waals surface area contributed by atoms with Crippen LogP contribution in [0.2, 0.25) is 5.02 Å². The Labute approximate surface area is 167 Å². The third kappa shape index (κ3) is 3.98. The zero-order valence-corrected chi connectivity index (χ0v) is 16.2. The van der Waals surface area contributed by atoms with Crippen molar-refractivity contribution in [1.29, 1.82) is 0 Å². The van der Waals surface area contributed by atoms with Gasteiger partial charge in [-0.1, -0.05) is 17.7 Å². The zero-order chi connectivity index (χ0) is 20.4. The SMILES string of the molecule is O=C(NO)C1(O)CNCCC1S(=O)(=O)c1ccc(Oc2cccc(Cl)c2)cc1. The van der Waals surface area contributed by atoms with Crippen molar-refractivity contribution in [3.05, 3.63) is 53.6 Å². The van der Waals surface area contributed by atoms with Gasteiger partial charge in [0.2, 0.25) is 0 Å². The maximum absolute atomic E-state index is 13.0. The molecule has 8 nitrogen and oxygen atoms in total. The predicted octanol–water partition coefficient (Wildman–Crippen LogP) is 1.50. The van der Waals surface area contributed by atoms with Gasteiger partial charge in [0.05, 0.1) is 4.90 Å². The van der Waals surface area contributed by atoms with Gasteiger partial charge in [0, 0.05) is 11.6 Å². The topological polar surface area (TPSA) is 125 Å². The lowest BCUT2D eigenvalue weighted by Crippen LogP contribution is -2.65. The number of ether oxygens (including phenoxy) is 1. The number of rotatable bonds is 5. The van der Waals surface area contributed by atoms with Crippen LogP contribution in [0.5, 0.6) is 11.5 Å². The van der Waals surface area contributed by atoms with Gasteiger partial charge in [-0.05, 0) is 55.4 Å². The van der Waals surface area contributed by atoms with Crippen LogP contribution in [-0.4, -0.2) is 48.6 Å². The van der Waals surface area contributed by atoms with Crippen LogP contribution in [0.4, 0.5) is 0 Å². The number of carbonyl (C=O) groups is 1. The third-order valence-corrected chi connectivity index (χ3v) is 7.10. The normalized spacial score (nSPS) is 22.5. The molecule has 1 saturated heterocycles. The number of β-amino-alcohol motifs (C(OH)–C–C–N with tert-alkyl or cyclic N) is 1. The fourth-order valence-corrected chi connectivity index (χ4v) is 5.28. The van der Waals surface area contributed by atoms with Crippen molar-refractivity contribution in [2.24, 2.45) is 0 Å². The number of piperidine rings is 1. The average Bonchev–Trinajstić information content (AvgIpc) is 2.68. The van der Waals surface area contributed by atoms with E-state index < -0.39 is 26.6 Å². The molecule has 4 N–H and O–H groups in total. The standard InChI is InChI=1S/C18H19ClN2O6S/c19-12-2-1-3-14(10-12)27-13-4-6-15(7-5-13)28(25,26)16-8-9-20-11-18(16,23)17(22)21-24/h1-7,10,16,20,23-24H,8-9,11H2,(H,21,22). The molecule has 0 bridgehead atoms. The summed E-state index contributed by atoms with van der Waals surface area (Å²) in [5.41, 5.74) is -0.944. The van der Waals surface area contributed by atoms with Crippen LogP contribution in [0.3, 0.4) is 0 Å². The van der Waals surface area contributed by atoms with Gasteiger partial charge >= 0.3 is 0 Å². The van der Waals surface area contributed by atoms with E-state index in [0.29, 0.717) is 23.1 Å². The lowest BCUT2D eigenvalue weighted by atomic mass is 9.93. The van der Waals surface area contributed by atoms with Crippen LogP contribution in [0.15, 0.2) is 53.4 Å². The quantitative estimate of drug-likeness (QED) is 0.421. The number of hydrogen-bond donors (Lipinski definition) is 4. The van der Waals surface area contributed by atoms with E-state index in [-0.39, 0.29) is 17.9 Å². The van der Waals surface area contributed by atoms with Gasteiger partial charge < -0.3 is 15.2 Å². The Hall–Kier alpha value is -2.17. The molecule has 150 valence electrons. The molecule has 2 aromatic carbocycles. The highest BCUT2D eigenvalue weighted by Gasteiger charge is 2.52. The molecular formula is C18H19ClN2O6S. The molecular weight excluding hydrogens is 408 g/mol. The van der Waals surface area contributed by atoms with Gasteiger partial charge in [0.15, 0.2) is 15.4 Å². The third-order valence-electron chi connectivity index (χ3n) is 4.56. The summed E-state index contributed by atoms with van der Waals surface area (Å²) < 4.78 is 31.7. The van der Waals surface area contributed by atoms with Crippen molar-refractivity contribution in [1.82, 2.24) is 10.8 Å². The Bertz CT molecular complexity index is 966. The van der Waals surface area contributed by atoms with E-state index in [1.54, 1.807) is 24.3 Å². The van der Waals surface area contributed by atoms with E-state index in [9.17, 15) is 18.3 Å². The first kappa shape index (κ1) is 20.6. The predicted molar refractivity (Wildman–Crippen MR) is 101 cm³/mol. The molecule has 3 rings (SSSR count). The number of hydrogen-bond acceptors (Lipinski definition) is 7. The monoisotopic (exact) mass is 426 g/mol. The van der Waals surface area contributed by atoms with E-state index in [4.69, 9.17) is 21.5 Å². The summed E-state index contributed by atoms with van der Waals surface area (Å²) in [6, 6.07) is 12.4. The van der Waals surface area contributed by atoms with E-state index >= 15 is 0 Å². The summed E-state index contributed by atoms with van der Waals surface area (Å²) in [6.07, 6.45) is 0.00696. The first-order valence-electron chi connectivity index (χ1n) is 8.42. The lowest BCUT2D eigenvalue weighted by molar-refractivity contribution is -0.149. The number of aliphatic hydroxyl groups is 1. The van der Waals surface area contributed by atoms with Gasteiger partial charge in [0.25, 0.3) is 5.91 Å². The maximum atomic E-state index is 13.0. The number of hydroxylamine groups is 1. The summed E-state index contributed by atoms with van der Waals surface area (Å²) >= 11 is 5.91. The maximum Gasteiger partial charge on any atom is 0.277 e. The van der Waals surface area contributed by atoms with Crippen LogP contribution >= 0.6 is 11.6 Å². The fraction of sp³-hybridized carbons (Fsp3) is 0.278. The van der Waals surface area contributed by atoms with E-state index in [1.165, 1.54) is 29.7 Å². The molecule has 2 atom stereocenters. The van der Waals surface area contributed by atoms with Crippen molar-refractivity contribution in [3.8, 4) is 11.5 Å². The molecule has 1 aliphatic rings. The van der Waals surface area contributed by atoms with Crippen LogP contribution in [-0.2, 0) is 14.6 Å². The highest BCUT2D eigenvalue weighted by molar-refractivity contribution is 7.92. The van der Waals surface area contributed by atoms with Crippen molar-refractivity contribution >= 4 is 27.3 Å². The fourth-order valence-electron chi connectivity index (χ4n) is 3.13. The summed E-state index contributed by atoms with van der Waals surface area (Å²) in [5, 5.41) is 21.4. The van der Waals surface area contributed by atoms with Gasteiger partial charge in [-0.3, -0.25) is 10.0 Å². The Morgan fingerprint density at radius 1 is 1.21 bits per heavy atom. The minimum Gasteiger partial charge on any atom is -0.457 e. The van der Waals surface area contributed by atoms with E-state index in [0.717, 1.165) is 0 Å². The van der Waals surface area contributed by atoms with E-state index in [1.807, 2.05) is 0 Å². The van der Waals surface area contributed by atoms with Crippen LogP contribution in [0.25, 0.3) is 0 Å². The minimum atomic E-state index is -4.06. The molecule has 0 aromatic heterocycles. The summed E-state index contributed by atoms with van der Waals surface area (Å²) in [6.45, 7) is 0.0140. The molecule has 2 aromatic rings. The molecule has 0 spiro atoms. The number of nitrogens with one attached hydrogen (secondary N) is 2. The number of halogens is 1. The molecule has 2 unspecified atom stereocenters. The number of sulfone groups is 1. The van der Waals surface area contributed by atoms with E-state index in [2.05, 4.69) is 5.32 Å². The molecule has 1 aliphatic heterocycles. The molecule has 10 heteroatoms. The molecule has 1 amide bonds. The molecule has 1 heterocycles. The van der Waals surface area contributed by atoms with Crippen molar-refractivity contribution < 1.29 is 28.3 Å². The smallest absolute Gasteiger partial charge is 0.277 e. The van der Waals surface area contributed by atoms with Gasteiger partial charge in [0.1, 0.15) is 16.7 Å². The van der Waals surface area contributed by atoms with Crippen LogP contribution < -0.4 is 15.5 Å². The average molecular weight is 427 g/mol. The molecule has 1 fully saturated rings. The van der Waals surface area contributed by atoms with Crippen molar-refractivity contribution in [2.75, 3.05) is 13.1 Å². The number of carbonyl (C=O) groups excluding carboxylic acids is 1. The highest BCUT2D eigenvalue weighted by Crippen LogP contribution is 2.31. The Morgan fingerprint density at radius 2 is 1.93 bits per heavy atom. The van der Waals surface area contributed by atoms with Gasteiger partial charge in [-0.15, -0.1) is 0 Å². The number of amides is 1. The molecule has 28 heavy (non-hydrogen) atoms. The van der Waals surface area contributed by atoms with Gasteiger partial charge in [-0.2, -0.15) is 0 Å². The summed E-state index contributed by atoms with van der Waals surface area (Å²) in [7, 11) is -4.06. The molecule has 0 radical (unpaired) electrons. The first-order valence-corrected chi connectivity index (χ1v) is 10.3. The first-order chi connectivity index (χ1) is 13.3. The Kier molecular flexibility index (Phi) is 5.92. The van der Waals surface area contributed by atoms with Crippen LogP contribution in [0, 0.1) is 0 Å². The Balaban J connectivity index is 1.86. The van der Waals surface area contributed by atoms with Crippen molar-refractivity contribution in [2.45, 2.75) is 22.2 Å². The highest BCUT2D eigenvalue weighted by atomic mass is 35.5. The second-order valence-electron chi connectivity index (χ2n) is 6.40. The zero-order valence-electron chi connectivity index (χ0n) is 14.6. The number of benzene rings is 2. The summed E-state index contributed by atoms with van der Waals surface area (Å²) in [5.74, 6) is -0.278. The molecule has 0 aliphatic carbocycles. The largest absolute Gasteiger partial charge is 0.457 e.